The van der Waals surface area contributed by atoms with Gasteiger partial charge in [0.2, 0.25) is 5.91 Å². The van der Waals surface area contributed by atoms with E-state index in [-0.39, 0.29) is 17.9 Å². The van der Waals surface area contributed by atoms with Crippen LogP contribution in [0.1, 0.15) is 32.3 Å². The Kier molecular flexibility index (Phi) is 7.04. The Labute approximate surface area is 194 Å². The number of carbonyl (C=O) groups excluding carboxylic acids is 3. The number of rotatable bonds is 4. The van der Waals surface area contributed by atoms with Gasteiger partial charge in [-0.1, -0.05) is 0 Å². The monoisotopic (exact) mass is 478 g/mol. The summed E-state index contributed by atoms with van der Waals surface area (Å²) in [4.78, 5) is 37.8. The smallest absolute Gasteiger partial charge is 0.414 e. The minimum absolute atomic E-state index is 0.0798. The largest absolute Gasteiger partial charge is 0.443 e. The summed E-state index contributed by atoms with van der Waals surface area (Å²) in [6.45, 7) is 4.86. The highest BCUT2D eigenvalue weighted by Crippen LogP contribution is 2.32. The Morgan fingerprint density at radius 1 is 1.09 bits per heavy atom. The second-order valence-electron chi connectivity index (χ2n) is 8.80. The lowest BCUT2D eigenvalue weighted by Crippen LogP contribution is -2.45. The van der Waals surface area contributed by atoms with Crippen molar-refractivity contribution >= 4 is 29.4 Å². The van der Waals surface area contributed by atoms with Crippen molar-refractivity contribution in [3.63, 3.8) is 0 Å². The van der Waals surface area contributed by atoms with Crippen molar-refractivity contribution in [2.75, 3.05) is 23.8 Å². The molecule has 1 fully saturated rings. The Balaban J connectivity index is 1.79. The molecule has 3 rings (SSSR count). The predicted molar refractivity (Wildman–Crippen MR) is 119 cm³/mol. The molecule has 1 aliphatic heterocycles. The number of hydrogen-bond acceptors (Lipinski definition) is 4. The molecule has 0 radical (unpaired) electrons. The van der Waals surface area contributed by atoms with Gasteiger partial charge in [-0.3, -0.25) is 9.69 Å². The van der Waals surface area contributed by atoms with E-state index in [1.807, 2.05) is 0 Å². The van der Waals surface area contributed by atoms with E-state index in [0.29, 0.717) is 0 Å². The zero-order valence-corrected chi connectivity index (χ0v) is 19.0. The van der Waals surface area contributed by atoms with Crippen molar-refractivity contribution in [3.05, 3.63) is 59.4 Å². The fourth-order valence-electron chi connectivity index (χ4n) is 3.45. The molecule has 2 aromatic carbocycles. The summed E-state index contributed by atoms with van der Waals surface area (Å²) < 4.78 is 48.3. The third-order valence-corrected chi connectivity index (χ3v) is 5.06. The molecular formula is C23H25F3N4O4. The van der Waals surface area contributed by atoms with E-state index in [4.69, 9.17) is 4.74 Å². The minimum atomic E-state index is -1.26. The van der Waals surface area contributed by atoms with Crippen LogP contribution in [0.4, 0.5) is 34.1 Å². The third kappa shape index (κ3) is 5.77. The van der Waals surface area contributed by atoms with Crippen LogP contribution < -0.4 is 20.9 Å². The Morgan fingerprint density at radius 3 is 2.24 bits per heavy atom. The first-order chi connectivity index (χ1) is 15.9. The van der Waals surface area contributed by atoms with Crippen molar-refractivity contribution in [1.82, 2.24) is 10.6 Å². The maximum atomic E-state index is 15.0. The number of hydrogen-bond donors (Lipinski definition) is 3. The third-order valence-electron chi connectivity index (χ3n) is 5.06. The molecule has 2 atom stereocenters. The van der Waals surface area contributed by atoms with Crippen molar-refractivity contribution in [3.8, 4) is 0 Å². The molecule has 0 bridgehead atoms. The molecule has 0 saturated carbocycles. The van der Waals surface area contributed by atoms with Gasteiger partial charge in [0.15, 0.2) is 0 Å². The molecule has 1 heterocycles. The summed E-state index contributed by atoms with van der Waals surface area (Å²) in [7, 11) is 1.31. The van der Waals surface area contributed by atoms with Gasteiger partial charge in [0.1, 0.15) is 29.1 Å². The number of anilines is 2. The van der Waals surface area contributed by atoms with Gasteiger partial charge < -0.3 is 20.7 Å². The molecule has 0 unspecified atom stereocenters. The SMILES string of the molecule is CN(C(=O)OC(C)(C)C)c1cc(F)c([C@@H]2CNC(=O)[C@H]2NC(=O)Nc2ccc(F)cc2)c(F)c1. The van der Waals surface area contributed by atoms with Crippen molar-refractivity contribution in [2.24, 2.45) is 0 Å². The number of carbonyl (C=O) groups is 3. The molecule has 4 amide bonds. The molecular weight excluding hydrogens is 453 g/mol. The highest BCUT2D eigenvalue weighted by Gasteiger charge is 2.40. The molecule has 182 valence electrons. The molecule has 3 N–H and O–H groups in total. The molecule has 34 heavy (non-hydrogen) atoms. The zero-order valence-electron chi connectivity index (χ0n) is 19.0. The topological polar surface area (TPSA) is 99.8 Å². The summed E-state index contributed by atoms with van der Waals surface area (Å²) in [5.41, 5.74) is -1.03. The average Bonchev–Trinajstić information content (AvgIpc) is 3.07. The van der Waals surface area contributed by atoms with E-state index in [1.165, 1.54) is 19.2 Å². The molecule has 8 nitrogen and oxygen atoms in total. The van der Waals surface area contributed by atoms with Crippen molar-refractivity contribution in [1.29, 1.82) is 0 Å². The molecule has 0 spiro atoms. The minimum Gasteiger partial charge on any atom is -0.443 e. The normalized spacial score (nSPS) is 17.7. The van der Waals surface area contributed by atoms with Gasteiger partial charge in [-0.25, -0.2) is 22.8 Å². The predicted octanol–water partition coefficient (Wildman–Crippen LogP) is 3.88. The number of benzene rings is 2. The van der Waals surface area contributed by atoms with Crippen LogP contribution in [-0.4, -0.2) is 43.3 Å². The summed E-state index contributed by atoms with van der Waals surface area (Å²) in [5, 5.41) is 7.31. The quantitative estimate of drug-likeness (QED) is 0.621. The standard InChI is InChI=1S/C23H25F3N4O4/c1-23(2,3)34-22(33)30(4)14-9-16(25)18(17(26)10-14)15-11-27-20(31)19(15)29-21(32)28-13-7-5-12(24)6-8-13/h5-10,15,19H,11H2,1-4H3,(H,27,31)(H2,28,29,32)/t15-,19-/m0/s1. The summed E-state index contributed by atoms with van der Waals surface area (Å²) >= 11 is 0. The van der Waals surface area contributed by atoms with Gasteiger partial charge in [-0.2, -0.15) is 0 Å². The Bertz CT molecular complexity index is 1080. The second-order valence-corrected chi connectivity index (χ2v) is 8.80. The van der Waals surface area contributed by atoms with E-state index in [9.17, 15) is 18.8 Å². The maximum Gasteiger partial charge on any atom is 0.414 e. The highest BCUT2D eigenvalue weighted by molar-refractivity contribution is 5.95. The number of nitrogens with zero attached hydrogens (tertiary/aromatic N) is 1. The van der Waals surface area contributed by atoms with Gasteiger partial charge >= 0.3 is 12.1 Å². The van der Waals surface area contributed by atoms with Crippen LogP contribution >= 0.6 is 0 Å². The van der Waals surface area contributed by atoms with E-state index in [0.717, 1.165) is 29.2 Å². The second kappa shape index (κ2) is 9.62. The van der Waals surface area contributed by atoms with Gasteiger partial charge in [-0.15, -0.1) is 0 Å². The van der Waals surface area contributed by atoms with E-state index in [2.05, 4.69) is 16.0 Å². The number of nitrogens with one attached hydrogen (secondary N) is 3. The summed E-state index contributed by atoms with van der Waals surface area (Å²) in [6.07, 6.45) is -0.797. The number of ether oxygens (including phenoxy) is 1. The molecule has 1 aliphatic rings. The van der Waals surface area contributed by atoms with Crippen LogP contribution in [-0.2, 0) is 9.53 Å². The van der Waals surface area contributed by atoms with Gasteiger partial charge in [0, 0.05) is 30.8 Å². The molecule has 1 saturated heterocycles. The van der Waals surface area contributed by atoms with Crippen LogP contribution in [0.3, 0.4) is 0 Å². The Hall–Kier alpha value is -3.76. The van der Waals surface area contributed by atoms with Gasteiger partial charge in [0.05, 0.1) is 5.69 Å². The average molecular weight is 478 g/mol. The van der Waals surface area contributed by atoms with Crippen LogP contribution in [0.5, 0.6) is 0 Å². The van der Waals surface area contributed by atoms with Crippen molar-refractivity contribution < 1.29 is 32.3 Å². The first kappa shape index (κ1) is 24.9. The van der Waals surface area contributed by atoms with Crippen molar-refractivity contribution in [2.45, 2.75) is 38.3 Å². The van der Waals surface area contributed by atoms with E-state index in [1.54, 1.807) is 20.8 Å². The molecule has 0 aromatic heterocycles. The van der Waals surface area contributed by atoms with E-state index < -0.39 is 58.6 Å². The summed E-state index contributed by atoms with van der Waals surface area (Å²) in [6, 6.07) is 4.77. The van der Waals surface area contributed by atoms with Crippen LogP contribution in [0.25, 0.3) is 0 Å². The Morgan fingerprint density at radius 2 is 1.68 bits per heavy atom. The first-order valence-corrected chi connectivity index (χ1v) is 10.4. The highest BCUT2D eigenvalue weighted by atomic mass is 19.1. The van der Waals surface area contributed by atoms with Crippen LogP contribution in [0.2, 0.25) is 0 Å². The van der Waals surface area contributed by atoms with Gasteiger partial charge in [0.25, 0.3) is 0 Å². The molecule has 0 aliphatic carbocycles. The fourth-order valence-corrected chi connectivity index (χ4v) is 3.45. The lowest BCUT2D eigenvalue weighted by molar-refractivity contribution is -0.120. The van der Waals surface area contributed by atoms with Crippen LogP contribution in [0, 0.1) is 17.5 Å². The van der Waals surface area contributed by atoms with E-state index >= 15 is 8.78 Å². The fraction of sp³-hybridized carbons (Fsp3) is 0.348. The van der Waals surface area contributed by atoms with Gasteiger partial charge in [-0.05, 0) is 57.2 Å². The maximum absolute atomic E-state index is 15.0. The lowest BCUT2D eigenvalue weighted by Gasteiger charge is -2.25. The zero-order chi connectivity index (χ0) is 25.2. The lowest BCUT2D eigenvalue weighted by atomic mass is 9.92. The van der Waals surface area contributed by atoms with Crippen LogP contribution in [0.15, 0.2) is 36.4 Å². The molecule has 2 aromatic rings. The molecule has 11 heteroatoms. The number of halogens is 3. The summed E-state index contributed by atoms with van der Waals surface area (Å²) in [5.74, 6) is -4.14. The number of amides is 4. The number of urea groups is 1. The first-order valence-electron chi connectivity index (χ1n) is 10.4.